The van der Waals surface area contributed by atoms with E-state index < -0.39 is 12.2 Å². The van der Waals surface area contributed by atoms with E-state index in [4.69, 9.17) is 9.84 Å². The Balaban J connectivity index is 1.57. The zero-order chi connectivity index (χ0) is 15.3. The molecule has 4 rings (SSSR count). The molecular weight excluding hydrogens is 307 g/mol. The molecule has 118 valence electrons. The van der Waals surface area contributed by atoms with Crippen LogP contribution in [-0.4, -0.2) is 54.0 Å². The molecule has 0 saturated carbocycles. The number of fused-ring (bicyclic) bond motifs is 2. The monoisotopic (exact) mass is 324 g/mol. The molecule has 1 N–H and O–H groups in total. The summed E-state index contributed by atoms with van der Waals surface area (Å²) in [5, 5.41) is 9.68. The first-order valence-electron chi connectivity index (χ1n) is 7.42. The number of carbonyl (C=O) groups excluding carboxylic acids is 1. The zero-order valence-electron chi connectivity index (χ0n) is 11.9. The summed E-state index contributed by atoms with van der Waals surface area (Å²) in [4.78, 5) is 15.3. The first-order chi connectivity index (χ1) is 10.7. The molecule has 5 nitrogen and oxygen atoms in total. The maximum absolute atomic E-state index is 14.5. The predicted molar refractivity (Wildman–Crippen MR) is 83.1 cm³/mol. The van der Waals surface area contributed by atoms with Gasteiger partial charge in [-0.1, -0.05) is 0 Å². The molecule has 0 aromatic heterocycles. The van der Waals surface area contributed by atoms with Crippen LogP contribution in [0.25, 0.3) is 0 Å². The topological polar surface area (TPSA) is 53.0 Å². The SMILES string of the molecule is O=C1O[C@@H](CO)CN1c1ccc(N2C[C@@H]3C[C@H]2CS3)c(F)c1. The Bertz CT molecular complexity index is 614. The lowest BCUT2D eigenvalue weighted by molar-refractivity contribution is 0.0963. The number of anilines is 2. The molecule has 3 fully saturated rings. The number of benzene rings is 1. The van der Waals surface area contributed by atoms with Crippen molar-refractivity contribution in [1.29, 1.82) is 0 Å². The molecule has 0 aliphatic carbocycles. The fraction of sp³-hybridized carbons (Fsp3) is 0.533. The highest BCUT2D eigenvalue weighted by atomic mass is 32.2. The number of nitrogens with zero attached hydrogens (tertiary/aromatic N) is 2. The number of aliphatic hydroxyl groups excluding tert-OH is 1. The quantitative estimate of drug-likeness (QED) is 0.919. The van der Waals surface area contributed by atoms with Crippen LogP contribution in [0, 0.1) is 5.82 Å². The van der Waals surface area contributed by atoms with Crippen LogP contribution < -0.4 is 9.80 Å². The number of rotatable bonds is 3. The van der Waals surface area contributed by atoms with Gasteiger partial charge in [0.1, 0.15) is 11.9 Å². The summed E-state index contributed by atoms with van der Waals surface area (Å²) >= 11 is 1.97. The van der Waals surface area contributed by atoms with Gasteiger partial charge in [0.2, 0.25) is 0 Å². The third kappa shape index (κ3) is 2.23. The fourth-order valence-corrected chi connectivity index (χ4v) is 4.85. The highest BCUT2D eigenvalue weighted by molar-refractivity contribution is 8.00. The molecule has 2 bridgehead atoms. The van der Waals surface area contributed by atoms with Gasteiger partial charge in [0.25, 0.3) is 0 Å². The van der Waals surface area contributed by atoms with Crippen LogP contribution in [0.5, 0.6) is 0 Å². The Labute approximate surface area is 132 Å². The second kappa shape index (κ2) is 5.31. The number of hydrogen-bond acceptors (Lipinski definition) is 5. The molecule has 3 heterocycles. The lowest BCUT2D eigenvalue weighted by Gasteiger charge is -2.29. The van der Waals surface area contributed by atoms with Crippen molar-refractivity contribution in [3.63, 3.8) is 0 Å². The van der Waals surface area contributed by atoms with Gasteiger partial charge in [0.15, 0.2) is 0 Å². The summed E-state index contributed by atoms with van der Waals surface area (Å²) in [6.07, 6.45) is 0.0482. The lowest BCUT2D eigenvalue weighted by Crippen LogP contribution is -2.34. The van der Waals surface area contributed by atoms with E-state index in [9.17, 15) is 9.18 Å². The maximum Gasteiger partial charge on any atom is 0.414 e. The van der Waals surface area contributed by atoms with Crippen molar-refractivity contribution in [3.05, 3.63) is 24.0 Å². The van der Waals surface area contributed by atoms with Crippen molar-refractivity contribution in [1.82, 2.24) is 0 Å². The summed E-state index contributed by atoms with van der Waals surface area (Å²) in [6, 6.07) is 5.30. The third-order valence-electron chi connectivity index (χ3n) is 4.53. The van der Waals surface area contributed by atoms with Crippen molar-refractivity contribution in [2.45, 2.75) is 23.8 Å². The number of cyclic esters (lactones) is 1. The van der Waals surface area contributed by atoms with E-state index in [0.29, 0.717) is 22.7 Å². The van der Waals surface area contributed by atoms with Crippen molar-refractivity contribution in [2.24, 2.45) is 0 Å². The molecule has 3 aliphatic heterocycles. The Morgan fingerprint density at radius 2 is 2.27 bits per heavy atom. The van der Waals surface area contributed by atoms with E-state index in [1.165, 1.54) is 11.0 Å². The van der Waals surface area contributed by atoms with Gasteiger partial charge >= 0.3 is 6.09 Å². The van der Waals surface area contributed by atoms with Gasteiger partial charge in [-0.2, -0.15) is 11.8 Å². The van der Waals surface area contributed by atoms with Gasteiger partial charge in [-0.3, -0.25) is 4.90 Å². The number of amides is 1. The summed E-state index contributed by atoms with van der Waals surface area (Å²) in [5.74, 6) is 0.748. The minimum Gasteiger partial charge on any atom is -0.441 e. The fourth-order valence-electron chi connectivity index (χ4n) is 3.42. The van der Waals surface area contributed by atoms with Crippen molar-refractivity contribution >= 4 is 29.2 Å². The lowest BCUT2D eigenvalue weighted by atomic mass is 10.2. The molecule has 0 unspecified atom stereocenters. The molecule has 7 heteroatoms. The van der Waals surface area contributed by atoms with Gasteiger partial charge in [-0.25, -0.2) is 9.18 Å². The van der Waals surface area contributed by atoms with Gasteiger partial charge in [0.05, 0.1) is 24.5 Å². The number of halogens is 1. The summed E-state index contributed by atoms with van der Waals surface area (Å²) in [5.41, 5.74) is 1.09. The normalized spacial score (nSPS) is 30.3. The third-order valence-corrected chi connectivity index (χ3v) is 5.92. The molecule has 1 aromatic carbocycles. The summed E-state index contributed by atoms with van der Waals surface area (Å²) in [6.45, 7) is 0.917. The van der Waals surface area contributed by atoms with Crippen LogP contribution in [0.15, 0.2) is 18.2 Å². The molecular formula is C15H17FN2O3S. The molecule has 3 atom stereocenters. The number of hydrogen-bond donors (Lipinski definition) is 1. The van der Waals surface area contributed by atoms with E-state index in [-0.39, 0.29) is 19.0 Å². The second-order valence-electron chi connectivity index (χ2n) is 5.93. The minimum atomic E-state index is -0.540. The Hall–Kier alpha value is -1.47. The van der Waals surface area contributed by atoms with Crippen LogP contribution in [0.1, 0.15) is 6.42 Å². The molecule has 3 aliphatic rings. The molecule has 0 radical (unpaired) electrons. The largest absolute Gasteiger partial charge is 0.441 e. The van der Waals surface area contributed by atoms with E-state index in [1.54, 1.807) is 12.1 Å². The van der Waals surface area contributed by atoms with Gasteiger partial charge in [-0.15, -0.1) is 0 Å². The smallest absolute Gasteiger partial charge is 0.414 e. The average Bonchev–Trinajstić information content (AvgIpc) is 3.21. The molecule has 1 aromatic rings. The summed E-state index contributed by atoms with van der Waals surface area (Å²) in [7, 11) is 0. The minimum absolute atomic E-state index is 0.225. The van der Waals surface area contributed by atoms with Crippen LogP contribution in [0.3, 0.4) is 0 Å². The van der Waals surface area contributed by atoms with E-state index >= 15 is 0 Å². The van der Waals surface area contributed by atoms with Crippen LogP contribution in [-0.2, 0) is 4.74 Å². The molecule has 3 saturated heterocycles. The highest BCUT2D eigenvalue weighted by Gasteiger charge is 2.39. The van der Waals surface area contributed by atoms with E-state index in [1.807, 2.05) is 11.8 Å². The predicted octanol–water partition coefficient (Wildman–Crippen LogP) is 1.84. The average molecular weight is 324 g/mol. The molecule has 0 spiro atoms. The van der Waals surface area contributed by atoms with Gasteiger partial charge in [-0.05, 0) is 24.6 Å². The number of carbonyl (C=O) groups is 1. The van der Waals surface area contributed by atoms with E-state index in [2.05, 4.69) is 4.90 Å². The van der Waals surface area contributed by atoms with Crippen LogP contribution in [0.4, 0.5) is 20.6 Å². The van der Waals surface area contributed by atoms with Crippen LogP contribution in [0.2, 0.25) is 0 Å². The maximum atomic E-state index is 14.5. The van der Waals surface area contributed by atoms with Crippen molar-refractivity contribution in [2.75, 3.05) is 35.2 Å². The molecule has 22 heavy (non-hydrogen) atoms. The van der Waals surface area contributed by atoms with Crippen LogP contribution >= 0.6 is 11.8 Å². The molecule has 1 amide bonds. The number of aliphatic hydroxyl groups is 1. The number of thioether (sulfide) groups is 1. The summed E-state index contributed by atoms with van der Waals surface area (Å²) < 4.78 is 19.5. The van der Waals surface area contributed by atoms with Crippen molar-refractivity contribution < 1.29 is 19.0 Å². The van der Waals surface area contributed by atoms with Gasteiger partial charge in [0, 0.05) is 23.6 Å². The Kier molecular flexibility index (Phi) is 3.41. The zero-order valence-corrected chi connectivity index (χ0v) is 12.8. The first kappa shape index (κ1) is 14.1. The highest BCUT2D eigenvalue weighted by Crippen LogP contribution is 2.41. The first-order valence-corrected chi connectivity index (χ1v) is 8.47. The number of ether oxygens (including phenoxy) is 1. The van der Waals surface area contributed by atoms with E-state index in [0.717, 1.165) is 18.7 Å². The second-order valence-corrected chi connectivity index (χ2v) is 7.27. The van der Waals surface area contributed by atoms with Gasteiger partial charge < -0.3 is 14.7 Å². The van der Waals surface area contributed by atoms with Crippen molar-refractivity contribution in [3.8, 4) is 0 Å². The standard InChI is InChI=1S/C15H17FN2O3S/c16-13-4-9(18-5-11(7-19)21-15(18)20)1-2-14(13)17-6-12-3-10(17)8-22-12/h1-2,4,10-12,19H,3,5-8H2/t10-,11+,12-/m0/s1. The Morgan fingerprint density at radius 1 is 1.41 bits per heavy atom. The Morgan fingerprint density at radius 3 is 2.86 bits per heavy atom.